The molecule has 3 aromatic heterocycles. The fraction of sp³-hybridized carbons (Fsp3) is 0.214. The Balaban J connectivity index is 1.75. The lowest BCUT2D eigenvalue weighted by Gasteiger charge is -2.10. The van der Waals surface area contributed by atoms with Crippen LogP contribution in [0.1, 0.15) is 18.9 Å². The van der Waals surface area contributed by atoms with Gasteiger partial charge in [-0.1, -0.05) is 5.16 Å². The first-order chi connectivity index (χ1) is 10.8. The molecule has 3 rings (SSSR count). The van der Waals surface area contributed by atoms with Crippen molar-refractivity contribution in [3.63, 3.8) is 0 Å². The molecule has 3 heterocycles. The molecule has 3 aromatic rings. The summed E-state index contributed by atoms with van der Waals surface area (Å²) < 4.78 is 10.3. The summed E-state index contributed by atoms with van der Waals surface area (Å²) in [5, 5.41) is 7.11. The minimum atomic E-state index is -0.211. The van der Waals surface area contributed by atoms with E-state index in [0.717, 1.165) is 5.56 Å². The highest BCUT2D eigenvalue weighted by Gasteiger charge is 2.16. The summed E-state index contributed by atoms with van der Waals surface area (Å²) in [6, 6.07) is 5.17. The molecule has 0 bridgehead atoms. The van der Waals surface area contributed by atoms with Crippen LogP contribution in [0.15, 0.2) is 41.4 Å². The van der Waals surface area contributed by atoms with E-state index in [1.54, 1.807) is 25.6 Å². The van der Waals surface area contributed by atoms with E-state index < -0.39 is 0 Å². The molecule has 22 heavy (non-hydrogen) atoms. The fourth-order valence-electron chi connectivity index (χ4n) is 1.84. The lowest BCUT2D eigenvalue weighted by atomic mass is 10.3. The maximum Gasteiger partial charge on any atom is 0.249 e. The van der Waals surface area contributed by atoms with E-state index in [1.807, 2.05) is 19.1 Å². The second-order valence-corrected chi connectivity index (χ2v) is 4.51. The summed E-state index contributed by atoms with van der Waals surface area (Å²) in [6.07, 6.45) is 4.79. The van der Waals surface area contributed by atoms with Gasteiger partial charge >= 0.3 is 0 Å². The Morgan fingerprint density at radius 3 is 3.00 bits per heavy atom. The third kappa shape index (κ3) is 3.00. The van der Waals surface area contributed by atoms with Gasteiger partial charge in [0, 0.05) is 24.0 Å². The number of rotatable bonds is 5. The summed E-state index contributed by atoms with van der Waals surface area (Å²) >= 11 is 0. The zero-order valence-corrected chi connectivity index (χ0v) is 12.1. The highest BCUT2D eigenvalue weighted by Crippen LogP contribution is 2.21. The van der Waals surface area contributed by atoms with E-state index in [4.69, 9.17) is 9.26 Å². The first-order valence-corrected chi connectivity index (χ1v) is 6.63. The van der Waals surface area contributed by atoms with Crippen molar-refractivity contribution in [2.24, 2.45) is 0 Å². The highest BCUT2D eigenvalue weighted by molar-refractivity contribution is 5.52. The molecule has 1 atom stereocenters. The molecule has 0 fully saturated rings. The first-order valence-electron chi connectivity index (χ1n) is 6.63. The van der Waals surface area contributed by atoms with E-state index in [0.29, 0.717) is 23.4 Å². The van der Waals surface area contributed by atoms with Gasteiger partial charge in [0.25, 0.3) is 0 Å². The largest absolute Gasteiger partial charge is 0.481 e. The van der Waals surface area contributed by atoms with Crippen LogP contribution in [-0.4, -0.2) is 32.2 Å². The van der Waals surface area contributed by atoms with Crippen molar-refractivity contribution in [1.29, 1.82) is 0 Å². The van der Waals surface area contributed by atoms with Crippen molar-refractivity contribution in [3.8, 4) is 17.3 Å². The number of ether oxygens (including phenoxy) is 1. The Bertz CT molecular complexity index is 746. The number of pyridine rings is 1. The SMILES string of the molecule is COc1cc(N[C@@H](C)c2nc(-c3cccnc3)no2)ncn1. The van der Waals surface area contributed by atoms with Crippen molar-refractivity contribution >= 4 is 5.82 Å². The van der Waals surface area contributed by atoms with Gasteiger partial charge in [-0.2, -0.15) is 4.98 Å². The van der Waals surface area contributed by atoms with Gasteiger partial charge in [0.05, 0.1) is 7.11 Å². The minimum Gasteiger partial charge on any atom is -0.481 e. The quantitative estimate of drug-likeness (QED) is 0.764. The Morgan fingerprint density at radius 2 is 2.23 bits per heavy atom. The summed E-state index contributed by atoms with van der Waals surface area (Å²) in [5.74, 6) is 2.04. The van der Waals surface area contributed by atoms with Gasteiger partial charge in [0.1, 0.15) is 18.2 Å². The normalized spacial score (nSPS) is 11.9. The smallest absolute Gasteiger partial charge is 0.249 e. The number of hydrogen-bond donors (Lipinski definition) is 1. The van der Waals surface area contributed by atoms with Gasteiger partial charge in [-0.25, -0.2) is 9.97 Å². The van der Waals surface area contributed by atoms with Gasteiger partial charge in [-0.3, -0.25) is 4.98 Å². The molecule has 0 aliphatic carbocycles. The highest BCUT2D eigenvalue weighted by atomic mass is 16.5. The molecule has 112 valence electrons. The average molecular weight is 298 g/mol. The predicted molar refractivity (Wildman–Crippen MR) is 78.2 cm³/mol. The van der Waals surface area contributed by atoms with Gasteiger partial charge in [-0.15, -0.1) is 0 Å². The molecule has 1 N–H and O–H groups in total. The number of nitrogens with one attached hydrogen (secondary N) is 1. The standard InChI is InChI=1S/C14H14N6O2/c1-9(18-11-6-12(21-2)17-8-16-11)14-19-13(20-22-14)10-4-3-5-15-7-10/h3-9H,1-2H3,(H,16,17,18)/t9-/m0/s1. The molecule has 0 aromatic carbocycles. The third-order valence-corrected chi connectivity index (χ3v) is 2.95. The van der Waals surface area contributed by atoms with Crippen LogP contribution in [0.3, 0.4) is 0 Å². The molecule has 0 aliphatic heterocycles. The van der Waals surface area contributed by atoms with E-state index >= 15 is 0 Å². The predicted octanol–water partition coefficient (Wildman–Crippen LogP) is 2.10. The fourth-order valence-corrected chi connectivity index (χ4v) is 1.84. The van der Waals surface area contributed by atoms with E-state index in [-0.39, 0.29) is 6.04 Å². The number of aromatic nitrogens is 5. The molecule has 0 aliphatic rings. The van der Waals surface area contributed by atoms with Crippen molar-refractivity contribution in [2.45, 2.75) is 13.0 Å². The number of hydrogen-bond acceptors (Lipinski definition) is 8. The van der Waals surface area contributed by atoms with Crippen molar-refractivity contribution in [2.75, 3.05) is 12.4 Å². The summed E-state index contributed by atoms with van der Waals surface area (Å²) in [7, 11) is 1.55. The van der Waals surface area contributed by atoms with E-state index in [9.17, 15) is 0 Å². The topological polar surface area (TPSA) is 98.8 Å². The first kappa shape index (κ1) is 13.9. The second-order valence-electron chi connectivity index (χ2n) is 4.51. The molecule has 0 amide bonds. The van der Waals surface area contributed by atoms with Crippen LogP contribution in [0.5, 0.6) is 5.88 Å². The van der Waals surface area contributed by atoms with Gasteiger partial charge < -0.3 is 14.6 Å². The lowest BCUT2D eigenvalue weighted by molar-refractivity contribution is 0.367. The monoisotopic (exact) mass is 298 g/mol. The van der Waals surface area contributed by atoms with Gasteiger partial charge in [-0.05, 0) is 19.1 Å². The minimum absolute atomic E-state index is 0.211. The number of methoxy groups -OCH3 is 1. The zero-order chi connectivity index (χ0) is 15.4. The molecular weight excluding hydrogens is 284 g/mol. The average Bonchev–Trinajstić information content (AvgIpc) is 3.06. The summed E-state index contributed by atoms with van der Waals surface area (Å²) in [4.78, 5) is 16.5. The number of nitrogens with zero attached hydrogens (tertiary/aromatic N) is 5. The Labute approximate surface area is 126 Å². The maximum atomic E-state index is 5.28. The Hall–Kier alpha value is -3.03. The van der Waals surface area contributed by atoms with Crippen LogP contribution in [0.4, 0.5) is 5.82 Å². The molecular formula is C14H14N6O2. The second kappa shape index (κ2) is 6.17. The Kier molecular flexibility index (Phi) is 3.90. The zero-order valence-electron chi connectivity index (χ0n) is 12.1. The summed E-state index contributed by atoms with van der Waals surface area (Å²) in [5.41, 5.74) is 0.799. The lowest BCUT2D eigenvalue weighted by Crippen LogP contribution is -2.08. The molecule has 0 unspecified atom stereocenters. The Morgan fingerprint density at radius 1 is 1.32 bits per heavy atom. The molecule has 8 heteroatoms. The molecule has 0 saturated carbocycles. The van der Waals surface area contributed by atoms with Crippen LogP contribution in [-0.2, 0) is 0 Å². The number of anilines is 1. The molecule has 0 saturated heterocycles. The van der Waals surface area contributed by atoms with Crippen molar-refractivity contribution in [3.05, 3.63) is 42.8 Å². The van der Waals surface area contributed by atoms with Crippen LogP contribution in [0.25, 0.3) is 11.4 Å². The van der Waals surface area contributed by atoms with Gasteiger partial charge in [0.2, 0.25) is 17.6 Å². The molecule has 0 spiro atoms. The molecule has 0 radical (unpaired) electrons. The van der Waals surface area contributed by atoms with Crippen LogP contribution in [0.2, 0.25) is 0 Å². The molecule has 8 nitrogen and oxygen atoms in total. The summed E-state index contributed by atoms with van der Waals surface area (Å²) in [6.45, 7) is 1.90. The van der Waals surface area contributed by atoms with Gasteiger partial charge in [0.15, 0.2) is 0 Å². The van der Waals surface area contributed by atoms with Crippen molar-refractivity contribution < 1.29 is 9.26 Å². The van der Waals surface area contributed by atoms with E-state index in [2.05, 4.69) is 30.4 Å². The van der Waals surface area contributed by atoms with Crippen LogP contribution >= 0.6 is 0 Å². The van der Waals surface area contributed by atoms with Crippen molar-refractivity contribution in [1.82, 2.24) is 25.1 Å². The van der Waals surface area contributed by atoms with E-state index in [1.165, 1.54) is 6.33 Å². The third-order valence-electron chi connectivity index (χ3n) is 2.95. The maximum absolute atomic E-state index is 5.28. The van der Waals surface area contributed by atoms with Crippen LogP contribution < -0.4 is 10.1 Å². The van der Waals surface area contributed by atoms with Crippen LogP contribution in [0, 0.1) is 0 Å².